The molecule has 0 aliphatic carbocycles. The Balaban J connectivity index is 4.17. The average Bonchev–Trinajstić information content (AvgIpc) is 3.68. The molecule has 0 rings (SSSR count). The highest BCUT2D eigenvalue weighted by atomic mass is 31.2. The molecule has 0 saturated carbocycles. The minimum absolute atomic E-state index is 0.0198. The van der Waals surface area contributed by atoms with Crippen molar-refractivity contribution in [3.8, 4) is 0 Å². The van der Waals surface area contributed by atoms with Crippen LogP contribution < -0.4 is 0 Å². The Morgan fingerprint density at radius 3 is 0.966 bits per heavy atom. The van der Waals surface area contributed by atoms with Crippen LogP contribution >= 0.6 is 7.82 Å². The molecule has 0 amide bonds. The second-order valence-electron chi connectivity index (χ2n) is 24.2. The second kappa shape index (κ2) is 67.0. The number of rotatable bonds is 63. The summed E-state index contributed by atoms with van der Waals surface area (Å²) in [6.45, 7) is 4.28. The van der Waals surface area contributed by atoms with E-state index in [0.29, 0.717) is 17.4 Å². The van der Waals surface area contributed by atoms with Crippen molar-refractivity contribution in [1.82, 2.24) is 0 Å². The first-order valence-electron chi connectivity index (χ1n) is 35.2. The van der Waals surface area contributed by atoms with Gasteiger partial charge < -0.3 is 18.9 Å². The van der Waals surface area contributed by atoms with Crippen LogP contribution in [0.4, 0.5) is 0 Å². The number of hydrogen-bond acceptors (Lipinski definition) is 7. The van der Waals surface area contributed by atoms with Gasteiger partial charge >= 0.3 is 19.8 Å². The first-order valence-corrected chi connectivity index (χ1v) is 36.7. The molecule has 2 atom stereocenters. The smallest absolute Gasteiger partial charge is 0.462 e. The van der Waals surface area contributed by atoms with E-state index in [0.717, 1.165) is 128 Å². The van der Waals surface area contributed by atoms with Crippen molar-refractivity contribution in [2.24, 2.45) is 0 Å². The molecule has 0 radical (unpaired) electrons. The summed E-state index contributed by atoms with van der Waals surface area (Å²) in [7, 11) is 1.45. The zero-order valence-corrected chi connectivity index (χ0v) is 57.8. The van der Waals surface area contributed by atoms with Crippen LogP contribution in [0.1, 0.15) is 271 Å². The molecule has 2 unspecified atom stereocenters. The highest BCUT2D eigenvalue weighted by Gasteiger charge is 2.27. The molecule has 0 aromatic heterocycles. The molecule has 88 heavy (non-hydrogen) atoms. The van der Waals surface area contributed by atoms with Crippen LogP contribution in [-0.4, -0.2) is 74.9 Å². The number of likely N-dealkylation sites (N-methyl/N-ethyl adjacent to an activating group) is 1. The zero-order chi connectivity index (χ0) is 64.1. The minimum Gasteiger partial charge on any atom is -0.462 e. The van der Waals surface area contributed by atoms with Crippen molar-refractivity contribution < 1.29 is 42.1 Å². The molecular formula is C78H131NO8P+. The van der Waals surface area contributed by atoms with Crippen LogP contribution in [-0.2, 0) is 32.7 Å². The van der Waals surface area contributed by atoms with Gasteiger partial charge in [-0.25, -0.2) is 4.57 Å². The lowest BCUT2D eigenvalue weighted by Gasteiger charge is -2.24. The van der Waals surface area contributed by atoms with Crippen LogP contribution in [0.3, 0.4) is 0 Å². The molecule has 0 bridgehead atoms. The van der Waals surface area contributed by atoms with E-state index in [2.05, 4.69) is 172 Å². The molecule has 0 aliphatic rings. The molecule has 0 aromatic carbocycles. The standard InChI is InChI=1S/C78H130NO8P/c1-6-8-10-12-14-16-18-20-22-24-26-28-30-32-33-34-35-36-37-38-39-40-41-42-43-44-45-47-49-51-53-55-57-59-61-63-65-67-69-71-78(81)87-76(75-86-88(82,83)85-73-72-79(3,4)5)74-84-77(80)70-68-66-64-62-60-58-56-54-52-50-48-46-31-29-27-25-23-21-19-17-15-13-11-9-7-2/h8,10,14,16,19-22,25-28,32-33,35-36,38-39,41-42,44-45,49,51,55,57,76H,6-7,9,11-13,15,17-18,23-24,29-31,34,37,40,43,46-48,50,52-54,56,58-75H2,1-5H3/p+1/b10-8-,16-14-,21-19-,22-20-,27-25-,28-26-,33-32-,36-35-,39-38-,42-41-,45-44-,51-49-,57-55-. The molecular weight excluding hydrogens is 1110 g/mol. The van der Waals surface area contributed by atoms with Crippen LogP contribution in [0.2, 0.25) is 0 Å². The van der Waals surface area contributed by atoms with E-state index in [1.807, 2.05) is 21.1 Å². The van der Waals surface area contributed by atoms with Crippen LogP contribution in [0, 0.1) is 0 Å². The van der Waals surface area contributed by atoms with Gasteiger partial charge in [-0.05, 0) is 128 Å². The SMILES string of the molecule is CC/C=C\C/C=C\C/C=C\C/C=C\C/C=C\C/C=C\C/C=C\C/C=C\C/C=C\C/C=C\C/C=C\CCCCCCCC(=O)OC(COC(=O)CCCCCCCCCCCCCCC/C=C\C/C=C\CCCCCCC)COP(=O)(O)OCC[N+](C)(C)C. The Bertz CT molecular complexity index is 2040. The summed E-state index contributed by atoms with van der Waals surface area (Å²) in [5, 5.41) is 0. The summed E-state index contributed by atoms with van der Waals surface area (Å²) in [6.07, 6.45) is 101. The summed E-state index contributed by atoms with van der Waals surface area (Å²) in [4.78, 5) is 35.9. The Hall–Kier alpha value is -4.37. The maximum Gasteiger partial charge on any atom is 0.472 e. The van der Waals surface area contributed by atoms with Gasteiger partial charge in [0.05, 0.1) is 27.7 Å². The number of phosphoric acid groups is 1. The number of hydrogen-bond donors (Lipinski definition) is 1. The number of allylic oxidation sites excluding steroid dienone is 26. The van der Waals surface area contributed by atoms with Gasteiger partial charge in [-0.15, -0.1) is 0 Å². The fourth-order valence-electron chi connectivity index (χ4n) is 9.17. The van der Waals surface area contributed by atoms with Crippen molar-refractivity contribution in [2.75, 3.05) is 47.5 Å². The fraction of sp³-hybridized carbons (Fsp3) is 0.641. The third-order valence-corrected chi connectivity index (χ3v) is 15.5. The minimum atomic E-state index is -4.41. The summed E-state index contributed by atoms with van der Waals surface area (Å²) < 4.78 is 34.7. The van der Waals surface area contributed by atoms with Crippen molar-refractivity contribution in [1.29, 1.82) is 0 Å². The number of nitrogens with zero attached hydrogens (tertiary/aromatic N) is 1. The highest BCUT2D eigenvalue weighted by molar-refractivity contribution is 7.47. The van der Waals surface area contributed by atoms with Crippen LogP contribution in [0.5, 0.6) is 0 Å². The molecule has 0 aliphatic heterocycles. The van der Waals surface area contributed by atoms with E-state index in [1.165, 1.54) is 109 Å². The van der Waals surface area contributed by atoms with Crippen LogP contribution in [0.15, 0.2) is 158 Å². The van der Waals surface area contributed by atoms with Gasteiger partial charge in [0.1, 0.15) is 19.8 Å². The van der Waals surface area contributed by atoms with Crippen LogP contribution in [0.25, 0.3) is 0 Å². The second-order valence-corrected chi connectivity index (χ2v) is 25.6. The van der Waals surface area contributed by atoms with E-state index in [1.54, 1.807) is 0 Å². The van der Waals surface area contributed by atoms with Crippen molar-refractivity contribution in [3.63, 3.8) is 0 Å². The molecule has 0 spiro atoms. The van der Waals surface area contributed by atoms with Crippen molar-refractivity contribution in [3.05, 3.63) is 158 Å². The predicted molar refractivity (Wildman–Crippen MR) is 380 cm³/mol. The third-order valence-electron chi connectivity index (χ3n) is 14.5. The van der Waals surface area contributed by atoms with Gasteiger partial charge in [-0.3, -0.25) is 18.6 Å². The van der Waals surface area contributed by atoms with E-state index in [-0.39, 0.29) is 32.0 Å². The Kier molecular flexibility index (Phi) is 63.7. The lowest BCUT2D eigenvalue weighted by molar-refractivity contribution is -0.870. The van der Waals surface area contributed by atoms with Crippen molar-refractivity contribution in [2.45, 2.75) is 277 Å². The molecule has 9 nitrogen and oxygen atoms in total. The van der Waals surface area contributed by atoms with Gasteiger partial charge in [0.15, 0.2) is 6.10 Å². The normalized spacial score (nSPS) is 14.1. The number of ether oxygens (including phenoxy) is 2. The fourth-order valence-corrected chi connectivity index (χ4v) is 9.91. The number of esters is 2. The Morgan fingerprint density at radius 1 is 0.364 bits per heavy atom. The Morgan fingerprint density at radius 2 is 0.648 bits per heavy atom. The van der Waals surface area contributed by atoms with E-state index in [9.17, 15) is 19.0 Å². The number of unbranched alkanes of at least 4 members (excludes halogenated alkanes) is 23. The zero-order valence-electron chi connectivity index (χ0n) is 56.9. The van der Waals surface area contributed by atoms with E-state index < -0.39 is 26.5 Å². The molecule has 1 N–H and O–H groups in total. The summed E-state index contributed by atoms with van der Waals surface area (Å²) in [5.74, 6) is -0.826. The Labute approximate surface area is 541 Å². The molecule has 0 saturated heterocycles. The lowest BCUT2D eigenvalue weighted by atomic mass is 10.0. The quantitative estimate of drug-likeness (QED) is 0.0211. The molecule has 10 heteroatoms. The van der Waals surface area contributed by atoms with Gasteiger partial charge in [-0.1, -0.05) is 287 Å². The first kappa shape index (κ1) is 83.6. The molecule has 0 heterocycles. The molecule has 0 aromatic rings. The first-order chi connectivity index (χ1) is 43.0. The maximum atomic E-state index is 12.9. The molecule has 0 fully saturated rings. The maximum absolute atomic E-state index is 12.9. The highest BCUT2D eigenvalue weighted by Crippen LogP contribution is 2.43. The monoisotopic (exact) mass is 1240 g/mol. The summed E-state index contributed by atoms with van der Waals surface area (Å²) in [6, 6.07) is 0. The number of quaternary nitrogens is 1. The topological polar surface area (TPSA) is 108 Å². The summed E-state index contributed by atoms with van der Waals surface area (Å²) in [5.41, 5.74) is 0. The average molecular weight is 1240 g/mol. The number of carbonyl (C=O) groups excluding carboxylic acids is 2. The predicted octanol–water partition coefficient (Wildman–Crippen LogP) is 23.2. The molecule has 500 valence electrons. The summed E-state index contributed by atoms with van der Waals surface area (Å²) >= 11 is 0. The van der Waals surface area contributed by atoms with Gasteiger partial charge in [0.2, 0.25) is 0 Å². The van der Waals surface area contributed by atoms with Gasteiger partial charge in [0.25, 0.3) is 0 Å². The number of carbonyl (C=O) groups is 2. The van der Waals surface area contributed by atoms with Crippen molar-refractivity contribution >= 4 is 19.8 Å². The third kappa shape index (κ3) is 70.7. The number of phosphoric ester groups is 1. The van der Waals surface area contributed by atoms with Gasteiger partial charge in [-0.2, -0.15) is 0 Å². The van der Waals surface area contributed by atoms with Gasteiger partial charge in [0, 0.05) is 12.8 Å². The largest absolute Gasteiger partial charge is 0.472 e. The van der Waals surface area contributed by atoms with E-state index >= 15 is 0 Å². The van der Waals surface area contributed by atoms with E-state index in [4.69, 9.17) is 18.5 Å². The lowest BCUT2D eigenvalue weighted by Crippen LogP contribution is -2.37.